The van der Waals surface area contributed by atoms with E-state index in [2.05, 4.69) is 10.0 Å². The molecule has 2 aromatic rings. The van der Waals surface area contributed by atoms with Crippen LogP contribution in [-0.2, 0) is 14.8 Å². The predicted molar refractivity (Wildman–Crippen MR) is 110 cm³/mol. The maximum absolute atomic E-state index is 12.3. The Labute approximate surface area is 168 Å². The first-order valence-electron chi connectivity index (χ1n) is 9.15. The van der Waals surface area contributed by atoms with Gasteiger partial charge < -0.3 is 10.2 Å². The van der Waals surface area contributed by atoms with Crippen LogP contribution in [0.2, 0.25) is 0 Å². The molecule has 1 fully saturated rings. The summed E-state index contributed by atoms with van der Waals surface area (Å²) in [6.45, 7) is 4.01. The van der Waals surface area contributed by atoms with Crippen LogP contribution in [0.25, 0.3) is 0 Å². The van der Waals surface area contributed by atoms with E-state index in [-0.39, 0.29) is 28.2 Å². The molecule has 0 atom stereocenters. The van der Waals surface area contributed by atoms with Crippen molar-refractivity contribution >= 4 is 38.7 Å². The molecule has 0 unspecified atom stereocenters. The van der Waals surface area contributed by atoms with Gasteiger partial charge in [0.2, 0.25) is 15.9 Å². The fourth-order valence-corrected chi connectivity index (χ4v) is 4.39. The zero-order valence-electron chi connectivity index (χ0n) is 16.1. The molecule has 10 heteroatoms. The molecule has 1 aliphatic rings. The summed E-state index contributed by atoms with van der Waals surface area (Å²) in [4.78, 5) is 24.2. The maximum Gasteiger partial charge on any atom is 0.294 e. The smallest absolute Gasteiger partial charge is 0.294 e. The highest BCUT2D eigenvalue weighted by molar-refractivity contribution is 7.89. The third-order valence-electron chi connectivity index (χ3n) is 4.40. The molecule has 9 nitrogen and oxygen atoms in total. The minimum atomic E-state index is -3.85. The van der Waals surface area contributed by atoms with Crippen molar-refractivity contribution in [3.63, 3.8) is 0 Å². The number of benzene rings is 2. The summed E-state index contributed by atoms with van der Waals surface area (Å²) in [7, 11) is -3.85. The summed E-state index contributed by atoms with van der Waals surface area (Å²) in [6.07, 6.45) is 1.36. The molecule has 1 amide bonds. The first-order chi connectivity index (χ1) is 13.7. The summed E-state index contributed by atoms with van der Waals surface area (Å²) in [5.41, 5.74) is 1.17. The van der Waals surface area contributed by atoms with Crippen LogP contribution in [0.3, 0.4) is 0 Å². The number of nitro benzene ring substituents is 1. The highest BCUT2D eigenvalue weighted by Gasteiger charge is 2.23. The topological polar surface area (TPSA) is 122 Å². The molecule has 1 aliphatic heterocycles. The van der Waals surface area contributed by atoms with E-state index in [0.717, 1.165) is 18.2 Å². The van der Waals surface area contributed by atoms with E-state index in [9.17, 15) is 23.3 Å². The van der Waals surface area contributed by atoms with Crippen molar-refractivity contribution in [2.75, 3.05) is 16.8 Å². The van der Waals surface area contributed by atoms with Crippen molar-refractivity contribution in [1.29, 1.82) is 0 Å². The Bertz CT molecular complexity index is 1040. The lowest BCUT2D eigenvalue weighted by molar-refractivity contribution is -0.384. The van der Waals surface area contributed by atoms with Gasteiger partial charge in [0, 0.05) is 36.4 Å². The first-order valence-corrected chi connectivity index (χ1v) is 10.6. The lowest BCUT2D eigenvalue weighted by Crippen LogP contribution is -2.30. The van der Waals surface area contributed by atoms with E-state index in [0.29, 0.717) is 18.7 Å². The molecule has 3 rings (SSSR count). The number of sulfonamides is 1. The zero-order valence-corrected chi connectivity index (χ0v) is 16.9. The van der Waals surface area contributed by atoms with Crippen LogP contribution in [0.5, 0.6) is 0 Å². The lowest BCUT2D eigenvalue weighted by Gasteiger charge is -2.16. The number of carbonyl (C=O) groups is 1. The van der Waals surface area contributed by atoms with Crippen LogP contribution in [-0.4, -0.2) is 31.8 Å². The third kappa shape index (κ3) is 4.72. The molecule has 0 bridgehead atoms. The summed E-state index contributed by atoms with van der Waals surface area (Å²) in [5, 5.41) is 14.4. The molecule has 0 saturated carbocycles. The maximum atomic E-state index is 12.3. The quantitative estimate of drug-likeness (QED) is 0.526. The van der Waals surface area contributed by atoms with E-state index in [1.54, 1.807) is 43.0 Å². The largest absolute Gasteiger partial charge is 0.350 e. The van der Waals surface area contributed by atoms with E-state index in [4.69, 9.17) is 0 Å². The Morgan fingerprint density at radius 3 is 2.38 bits per heavy atom. The monoisotopic (exact) mass is 418 g/mol. The van der Waals surface area contributed by atoms with Gasteiger partial charge in [-0.2, -0.15) is 0 Å². The Balaban J connectivity index is 1.85. The molecule has 1 saturated heterocycles. The van der Waals surface area contributed by atoms with Gasteiger partial charge in [0.25, 0.3) is 5.69 Å². The number of hydrogen-bond acceptors (Lipinski definition) is 6. The molecular weight excluding hydrogens is 396 g/mol. The molecule has 0 radical (unpaired) electrons. The lowest BCUT2D eigenvalue weighted by atomic mass is 10.2. The number of amides is 1. The number of nitro groups is 1. The molecular formula is C19H22N4O5S. The van der Waals surface area contributed by atoms with Gasteiger partial charge in [0.15, 0.2) is 0 Å². The minimum absolute atomic E-state index is 0.0770. The molecule has 2 aromatic carbocycles. The SMILES string of the molecule is CC(C)NS(=O)(=O)c1ccc(Nc2ccc(N3CCCC3=O)cc2)c([N+](=O)[O-])c1. The van der Waals surface area contributed by atoms with Crippen molar-refractivity contribution in [2.45, 2.75) is 37.6 Å². The molecule has 154 valence electrons. The second-order valence-corrected chi connectivity index (χ2v) is 8.75. The number of nitrogens with zero attached hydrogens (tertiary/aromatic N) is 2. The van der Waals surface area contributed by atoms with Gasteiger partial charge >= 0.3 is 0 Å². The molecule has 2 N–H and O–H groups in total. The third-order valence-corrected chi connectivity index (χ3v) is 6.05. The summed E-state index contributed by atoms with van der Waals surface area (Å²) < 4.78 is 27.0. The van der Waals surface area contributed by atoms with E-state index < -0.39 is 14.9 Å². The highest BCUT2D eigenvalue weighted by atomic mass is 32.2. The van der Waals surface area contributed by atoms with Crippen molar-refractivity contribution in [3.8, 4) is 0 Å². The van der Waals surface area contributed by atoms with Gasteiger partial charge in [-0.3, -0.25) is 14.9 Å². The number of carbonyl (C=O) groups excluding carboxylic acids is 1. The molecule has 0 aliphatic carbocycles. The second kappa shape index (κ2) is 8.18. The van der Waals surface area contributed by atoms with Crippen LogP contribution in [0.1, 0.15) is 26.7 Å². The standard InChI is InChI=1S/C19H22N4O5S/c1-13(2)21-29(27,28)16-9-10-17(18(12-16)23(25)26)20-14-5-7-15(8-6-14)22-11-3-4-19(22)24/h5-10,12-13,20-21H,3-4,11H2,1-2H3. The summed E-state index contributed by atoms with van der Waals surface area (Å²) in [5.74, 6) is 0.0770. The van der Waals surface area contributed by atoms with Crippen molar-refractivity contribution in [3.05, 3.63) is 52.6 Å². The molecule has 0 spiro atoms. The van der Waals surface area contributed by atoms with E-state index >= 15 is 0 Å². The van der Waals surface area contributed by atoms with Gasteiger partial charge in [-0.05, 0) is 56.7 Å². The molecule has 1 heterocycles. The number of rotatable bonds is 7. The Hall–Kier alpha value is -2.98. The van der Waals surface area contributed by atoms with Gasteiger partial charge in [0.05, 0.1) is 9.82 Å². The fourth-order valence-electron chi connectivity index (χ4n) is 3.12. The fraction of sp³-hybridized carbons (Fsp3) is 0.316. The van der Waals surface area contributed by atoms with Gasteiger partial charge in [-0.25, -0.2) is 13.1 Å². The van der Waals surface area contributed by atoms with Crippen LogP contribution >= 0.6 is 0 Å². The van der Waals surface area contributed by atoms with Gasteiger partial charge in [0.1, 0.15) is 5.69 Å². The number of hydrogen-bond donors (Lipinski definition) is 2. The predicted octanol–water partition coefficient (Wildman–Crippen LogP) is 3.15. The van der Waals surface area contributed by atoms with Crippen LogP contribution in [0.15, 0.2) is 47.4 Å². The Morgan fingerprint density at radius 2 is 1.83 bits per heavy atom. The van der Waals surface area contributed by atoms with E-state index in [1.165, 1.54) is 12.1 Å². The average molecular weight is 418 g/mol. The number of anilines is 3. The normalized spacial score (nSPS) is 14.4. The molecule has 0 aromatic heterocycles. The van der Waals surface area contributed by atoms with Gasteiger partial charge in [-0.15, -0.1) is 0 Å². The average Bonchev–Trinajstić information content (AvgIpc) is 3.07. The van der Waals surface area contributed by atoms with Crippen molar-refractivity contribution in [2.24, 2.45) is 0 Å². The summed E-state index contributed by atoms with van der Waals surface area (Å²) >= 11 is 0. The van der Waals surface area contributed by atoms with Crippen molar-refractivity contribution in [1.82, 2.24) is 4.72 Å². The minimum Gasteiger partial charge on any atom is -0.350 e. The van der Waals surface area contributed by atoms with Crippen molar-refractivity contribution < 1.29 is 18.1 Å². The Kier molecular flexibility index (Phi) is 5.85. The van der Waals surface area contributed by atoms with E-state index in [1.807, 2.05) is 0 Å². The van der Waals surface area contributed by atoms with Gasteiger partial charge in [-0.1, -0.05) is 0 Å². The Morgan fingerprint density at radius 1 is 1.14 bits per heavy atom. The number of nitrogens with one attached hydrogen (secondary N) is 2. The van der Waals surface area contributed by atoms with Crippen LogP contribution in [0, 0.1) is 10.1 Å². The molecule has 29 heavy (non-hydrogen) atoms. The zero-order chi connectivity index (χ0) is 21.2. The van der Waals surface area contributed by atoms with Crippen LogP contribution < -0.4 is 14.9 Å². The van der Waals surface area contributed by atoms with Crippen LogP contribution in [0.4, 0.5) is 22.7 Å². The second-order valence-electron chi connectivity index (χ2n) is 7.03. The highest BCUT2D eigenvalue weighted by Crippen LogP contribution is 2.31. The summed E-state index contributed by atoms with van der Waals surface area (Å²) in [6, 6.07) is 10.3. The first kappa shape index (κ1) is 20.7.